The third kappa shape index (κ3) is 4.41. The molecule has 0 bridgehead atoms. The van der Waals surface area contributed by atoms with Gasteiger partial charge in [-0.1, -0.05) is 11.6 Å². The van der Waals surface area contributed by atoms with Crippen LogP contribution in [0.3, 0.4) is 0 Å². The smallest absolute Gasteiger partial charge is 0.179 e. The van der Waals surface area contributed by atoms with Crippen molar-refractivity contribution in [2.24, 2.45) is 0 Å². The predicted molar refractivity (Wildman–Crippen MR) is 89.2 cm³/mol. The highest BCUT2D eigenvalue weighted by Gasteiger charge is 2.25. The lowest BCUT2D eigenvalue weighted by molar-refractivity contribution is 0.0340. The maximum Gasteiger partial charge on any atom is 0.179 e. The van der Waals surface area contributed by atoms with Crippen LogP contribution in [0.2, 0.25) is 5.02 Å². The summed E-state index contributed by atoms with van der Waals surface area (Å²) in [7, 11) is 1.56. The molecule has 126 valence electrons. The molecule has 1 atom stereocenters. The highest BCUT2D eigenvalue weighted by atomic mass is 35.5. The van der Waals surface area contributed by atoms with Crippen LogP contribution in [-0.2, 0) is 12.1 Å². The number of ether oxygens (including phenoxy) is 2. The molecule has 1 aromatic carbocycles. The van der Waals surface area contributed by atoms with Crippen LogP contribution in [0, 0.1) is 0 Å². The summed E-state index contributed by atoms with van der Waals surface area (Å²) in [5.74, 6) is 1.66. The monoisotopic (exact) mass is 339 g/mol. The number of benzene rings is 1. The molecule has 0 spiro atoms. The van der Waals surface area contributed by atoms with Crippen LogP contribution in [0.4, 0.5) is 0 Å². The van der Waals surface area contributed by atoms with Crippen LogP contribution < -0.4 is 14.8 Å². The molecule has 0 aliphatic heterocycles. The topological polar surface area (TPSA) is 63.9 Å². The first-order valence-corrected chi connectivity index (χ1v) is 7.82. The van der Waals surface area contributed by atoms with E-state index in [1.807, 2.05) is 19.1 Å². The Labute approximate surface area is 141 Å². The van der Waals surface area contributed by atoms with E-state index in [9.17, 15) is 5.11 Å². The lowest BCUT2D eigenvalue weighted by Gasteiger charge is -2.21. The fourth-order valence-corrected chi connectivity index (χ4v) is 2.62. The van der Waals surface area contributed by atoms with Gasteiger partial charge in [0.15, 0.2) is 11.5 Å². The van der Waals surface area contributed by atoms with E-state index in [0.29, 0.717) is 42.0 Å². The van der Waals surface area contributed by atoms with Gasteiger partial charge < -0.3 is 24.3 Å². The van der Waals surface area contributed by atoms with Crippen LogP contribution in [0.5, 0.6) is 11.5 Å². The Bertz CT molecular complexity index is 626. The van der Waals surface area contributed by atoms with Gasteiger partial charge in [0.2, 0.25) is 0 Å². The van der Waals surface area contributed by atoms with Gasteiger partial charge in [-0.3, -0.25) is 0 Å². The molecule has 6 heteroatoms. The average molecular weight is 340 g/mol. The maximum absolute atomic E-state index is 10.4. The lowest BCUT2D eigenvalue weighted by Crippen LogP contribution is -2.34. The molecule has 0 saturated heterocycles. The second-order valence-corrected chi connectivity index (χ2v) is 5.80. The lowest BCUT2D eigenvalue weighted by atomic mass is 10.0. The molecular weight excluding hydrogens is 318 g/mol. The van der Waals surface area contributed by atoms with E-state index in [1.54, 1.807) is 32.4 Å². The van der Waals surface area contributed by atoms with Gasteiger partial charge >= 0.3 is 0 Å². The summed E-state index contributed by atoms with van der Waals surface area (Å²) >= 11 is 6.22. The van der Waals surface area contributed by atoms with E-state index in [4.69, 9.17) is 25.5 Å². The van der Waals surface area contributed by atoms with E-state index >= 15 is 0 Å². The van der Waals surface area contributed by atoms with Crippen molar-refractivity contribution < 1.29 is 19.0 Å². The minimum atomic E-state index is -1.08. The second kappa shape index (κ2) is 7.73. The summed E-state index contributed by atoms with van der Waals surface area (Å²) in [5.41, 5.74) is -0.141. The summed E-state index contributed by atoms with van der Waals surface area (Å²) in [6.45, 7) is 5.00. The molecule has 0 radical (unpaired) electrons. The van der Waals surface area contributed by atoms with Crippen molar-refractivity contribution in [3.05, 3.63) is 46.9 Å². The molecule has 0 amide bonds. The standard InChI is InChI=1S/C17H22ClNO4/c1-4-22-14-9-12(8-13(18)16(14)21-3)10-19-11-17(2,20)15-6-5-7-23-15/h5-9,19-20H,4,10-11H2,1-3H3. The molecule has 5 nitrogen and oxygen atoms in total. The molecular formula is C17H22ClNO4. The fourth-order valence-electron chi connectivity index (χ4n) is 2.31. The SMILES string of the molecule is CCOc1cc(CNCC(C)(O)c2ccco2)cc(Cl)c1OC. The van der Waals surface area contributed by atoms with E-state index in [0.717, 1.165) is 5.56 Å². The minimum Gasteiger partial charge on any atom is -0.491 e. The minimum absolute atomic E-state index is 0.341. The molecule has 1 unspecified atom stereocenters. The van der Waals surface area contributed by atoms with Crippen molar-refractivity contribution in [3.8, 4) is 11.5 Å². The molecule has 0 saturated carbocycles. The van der Waals surface area contributed by atoms with Crippen molar-refractivity contribution in [2.45, 2.75) is 26.0 Å². The zero-order chi connectivity index (χ0) is 16.9. The van der Waals surface area contributed by atoms with Crippen LogP contribution in [0.15, 0.2) is 34.9 Å². The molecule has 1 heterocycles. The number of nitrogens with one attached hydrogen (secondary N) is 1. The summed E-state index contributed by atoms with van der Waals surface area (Å²) in [4.78, 5) is 0. The maximum atomic E-state index is 10.4. The summed E-state index contributed by atoms with van der Waals surface area (Å²) < 4.78 is 16.1. The Kier molecular flexibility index (Phi) is 5.93. The van der Waals surface area contributed by atoms with Crippen molar-refractivity contribution >= 4 is 11.6 Å². The van der Waals surface area contributed by atoms with Gasteiger partial charge in [-0.05, 0) is 43.7 Å². The average Bonchev–Trinajstić information content (AvgIpc) is 3.02. The van der Waals surface area contributed by atoms with Gasteiger partial charge in [0.25, 0.3) is 0 Å². The first kappa shape index (κ1) is 17.7. The molecule has 0 aliphatic rings. The zero-order valence-corrected chi connectivity index (χ0v) is 14.3. The number of halogens is 1. The van der Waals surface area contributed by atoms with Gasteiger partial charge in [0.05, 0.1) is 25.0 Å². The molecule has 2 rings (SSSR count). The van der Waals surface area contributed by atoms with E-state index in [2.05, 4.69) is 5.32 Å². The van der Waals surface area contributed by atoms with Gasteiger partial charge in [-0.15, -0.1) is 0 Å². The van der Waals surface area contributed by atoms with E-state index in [1.165, 1.54) is 0 Å². The first-order valence-electron chi connectivity index (χ1n) is 7.44. The second-order valence-electron chi connectivity index (χ2n) is 5.40. The number of hydrogen-bond donors (Lipinski definition) is 2. The van der Waals surface area contributed by atoms with Gasteiger partial charge in [0, 0.05) is 13.1 Å². The van der Waals surface area contributed by atoms with E-state index in [-0.39, 0.29) is 0 Å². The molecule has 0 fully saturated rings. The van der Waals surface area contributed by atoms with Crippen LogP contribution in [0.1, 0.15) is 25.2 Å². The summed E-state index contributed by atoms with van der Waals surface area (Å²) in [5, 5.41) is 14.1. The van der Waals surface area contributed by atoms with E-state index < -0.39 is 5.60 Å². The number of aliphatic hydroxyl groups is 1. The number of hydrogen-bond acceptors (Lipinski definition) is 5. The Morgan fingerprint density at radius 2 is 2.17 bits per heavy atom. The molecule has 1 aromatic heterocycles. The summed E-state index contributed by atoms with van der Waals surface area (Å²) in [6, 6.07) is 7.20. The van der Waals surface area contributed by atoms with Crippen LogP contribution >= 0.6 is 11.6 Å². The fraction of sp³-hybridized carbons (Fsp3) is 0.412. The van der Waals surface area contributed by atoms with Crippen LogP contribution in [-0.4, -0.2) is 25.4 Å². The zero-order valence-electron chi connectivity index (χ0n) is 13.6. The Balaban J connectivity index is 2.03. The number of methoxy groups -OCH3 is 1. The third-order valence-corrected chi connectivity index (χ3v) is 3.70. The normalized spacial score (nSPS) is 13.6. The quantitative estimate of drug-likeness (QED) is 0.772. The number of rotatable bonds is 8. The van der Waals surface area contributed by atoms with Crippen molar-refractivity contribution in [2.75, 3.05) is 20.3 Å². The Morgan fingerprint density at radius 1 is 1.39 bits per heavy atom. The Hall–Kier alpha value is -1.69. The molecule has 2 aromatic rings. The molecule has 0 aliphatic carbocycles. The van der Waals surface area contributed by atoms with Gasteiger partial charge in [-0.2, -0.15) is 0 Å². The van der Waals surface area contributed by atoms with Crippen molar-refractivity contribution in [3.63, 3.8) is 0 Å². The Morgan fingerprint density at radius 3 is 2.78 bits per heavy atom. The highest BCUT2D eigenvalue weighted by Crippen LogP contribution is 2.36. The van der Waals surface area contributed by atoms with Gasteiger partial charge in [-0.25, -0.2) is 0 Å². The van der Waals surface area contributed by atoms with Crippen molar-refractivity contribution in [1.29, 1.82) is 0 Å². The van der Waals surface area contributed by atoms with Gasteiger partial charge in [0.1, 0.15) is 11.4 Å². The predicted octanol–water partition coefficient (Wildman–Crippen LogP) is 3.34. The summed E-state index contributed by atoms with van der Waals surface area (Å²) in [6.07, 6.45) is 1.54. The molecule has 2 N–H and O–H groups in total. The van der Waals surface area contributed by atoms with Crippen molar-refractivity contribution in [1.82, 2.24) is 5.32 Å². The van der Waals surface area contributed by atoms with Crippen LogP contribution in [0.25, 0.3) is 0 Å². The highest BCUT2D eigenvalue weighted by molar-refractivity contribution is 6.32. The molecule has 23 heavy (non-hydrogen) atoms. The largest absolute Gasteiger partial charge is 0.491 e. The third-order valence-electron chi connectivity index (χ3n) is 3.42. The first-order chi connectivity index (χ1) is 11.0. The number of furan rings is 1.